The van der Waals surface area contributed by atoms with Gasteiger partial charge in [0.15, 0.2) is 4.32 Å². The van der Waals surface area contributed by atoms with E-state index in [1.165, 1.54) is 12.1 Å². The topological polar surface area (TPSA) is 38.8 Å². The van der Waals surface area contributed by atoms with Gasteiger partial charge in [-0.3, -0.25) is 9.69 Å². The zero-order valence-corrected chi connectivity index (χ0v) is 17.8. The smallest absolute Gasteiger partial charge is 0.416 e. The number of carbonyl (C=O) groups excluding carboxylic acids is 1. The van der Waals surface area contributed by atoms with Crippen molar-refractivity contribution in [2.45, 2.75) is 20.0 Å². The summed E-state index contributed by atoms with van der Waals surface area (Å²) in [6.45, 7) is 4.62. The molecule has 3 rings (SSSR count). The monoisotopic (exact) mass is 453 g/mol. The lowest BCUT2D eigenvalue weighted by atomic mass is 10.1. The van der Waals surface area contributed by atoms with Crippen molar-refractivity contribution in [2.24, 2.45) is 0 Å². The van der Waals surface area contributed by atoms with Crippen LogP contribution >= 0.6 is 24.0 Å². The Bertz CT molecular complexity index is 1010. The Hall–Kier alpha value is -2.52. The highest BCUT2D eigenvalue weighted by atomic mass is 32.2. The average Bonchev–Trinajstić information content (AvgIpc) is 2.97. The number of anilines is 1. The Morgan fingerprint density at radius 1 is 1.10 bits per heavy atom. The van der Waals surface area contributed by atoms with E-state index in [0.717, 1.165) is 28.8 Å². The largest absolute Gasteiger partial charge is 0.494 e. The summed E-state index contributed by atoms with van der Waals surface area (Å²) in [7, 11) is 0. The van der Waals surface area contributed by atoms with Crippen LogP contribution < -0.4 is 14.4 Å². The quantitative estimate of drug-likeness (QED) is 0.402. The molecule has 1 amide bonds. The standard InChI is InChI=1S/C21H18F3NO3S2/c1-3-27-16-9-8-13(17(12-16)28-4-2)10-18-19(26)25(20(29)30-18)15-7-5-6-14(11-15)21(22,23)24/h5-12H,3-4H2,1-2H3/b18-10+. The number of amides is 1. The van der Waals surface area contributed by atoms with Gasteiger partial charge in [-0.25, -0.2) is 0 Å². The number of rotatable bonds is 6. The molecule has 1 aliphatic heterocycles. The van der Waals surface area contributed by atoms with Crippen LogP contribution in [0.15, 0.2) is 47.4 Å². The van der Waals surface area contributed by atoms with Gasteiger partial charge in [0.05, 0.1) is 29.4 Å². The normalized spacial score (nSPS) is 15.8. The van der Waals surface area contributed by atoms with Crippen LogP contribution in [0.2, 0.25) is 0 Å². The van der Waals surface area contributed by atoms with Crippen molar-refractivity contribution in [1.29, 1.82) is 0 Å². The molecule has 0 unspecified atom stereocenters. The van der Waals surface area contributed by atoms with Crippen molar-refractivity contribution in [3.05, 3.63) is 58.5 Å². The molecule has 0 aliphatic carbocycles. The summed E-state index contributed by atoms with van der Waals surface area (Å²) in [5, 5.41) is 0. The van der Waals surface area contributed by atoms with Crippen LogP contribution in [0.3, 0.4) is 0 Å². The maximum atomic E-state index is 13.0. The van der Waals surface area contributed by atoms with Crippen LogP contribution in [0.4, 0.5) is 18.9 Å². The minimum absolute atomic E-state index is 0.0763. The highest BCUT2D eigenvalue weighted by molar-refractivity contribution is 8.27. The first-order valence-electron chi connectivity index (χ1n) is 9.09. The number of carbonyl (C=O) groups is 1. The number of alkyl halides is 3. The minimum atomic E-state index is -4.51. The summed E-state index contributed by atoms with van der Waals surface area (Å²) in [4.78, 5) is 14.3. The molecule has 0 N–H and O–H groups in total. The molecule has 0 saturated carbocycles. The molecule has 1 aliphatic rings. The highest BCUT2D eigenvalue weighted by Crippen LogP contribution is 2.39. The summed E-state index contributed by atoms with van der Waals surface area (Å²) >= 11 is 6.29. The molecule has 158 valence electrons. The lowest BCUT2D eigenvalue weighted by Crippen LogP contribution is -2.27. The molecule has 0 bridgehead atoms. The van der Waals surface area contributed by atoms with Gasteiger partial charge in [0.25, 0.3) is 5.91 Å². The van der Waals surface area contributed by atoms with Gasteiger partial charge in [0, 0.05) is 11.6 Å². The Balaban J connectivity index is 1.94. The van der Waals surface area contributed by atoms with Gasteiger partial charge in [-0.05, 0) is 50.3 Å². The molecule has 1 saturated heterocycles. The molecule has 4 nitrogen and oxygen atoms in total. The molecule has 0 radical (unpaired) electrons. The summed E-state index contributed by atoms with van der Waals surface area (Å²) < 4.78 is 50.4. The minimum Gasteiger partial charge on any atom is -0.494 e. The van der Waals surface area contributed by atoms with Crippen molar-refractivity contribution < 1.29 is 27.4 Å². The summed E-state index contributed by atoms with van der Waals surface area (Å²) in [5.74, 6) is 0.683. The Morgan fingerprint density at radius 2 is 1.83 bits per heavy atom. The van der Waals surface area contributed by atoms with E-state index in [0.29, 0.717) is 35.2 Å². The Morgan fingerprint density at radius 3 is 2.50 bits per heavy atom. The number of thiocarbonyl (C=S) groups is 1. The third kappa shape index (κ3) is 4.79. The third-order valence-electron chi connectivity index (χ3n) is 4.11. The molecular formula is C21H18F3NO3S2. The van der Waals surface area contributed by atoms with E-state index in [2.05, 4.69) is 0 Å². The lowest BCUT2D eigenvalue weighted by molar-refractivity contribution is -0.137. The fourth-order valence-corrected chi connectivity index (χ4v) is 4.11. The predicted octanol–water partition coefficient (Wildman–Crippen LogP) is 5.91. The SMILES string of the molecule is CCOc1ccc(/C=C2/SC(=S)N(c3cccc(C(F)(F)F)c3)C2=O)c(OCC)c1. The molecule has 2 aromatic carbocycles. The Labute approximate surface area is 181 Å². The van der Waals surface area contributed by atoms with Crippen molar-refractivity contribution in [2.75, 3.05) is 18.1 Å². The molecule has 2 aromatic rings. The Kier molecular flexibility index (Phi) is 6.72. The zero-order valence-electron chi connectivity index (χ0n) is 16.2. The van der Waals surface area contributed by atoms with Gasteiger partial charge in [0.1, 0.15) is 11.5 Å². The second-order valence-corrected chi connectivity index (χ2v) is 7.81. The number of nitrogens with zero attached hydrogens (tertiary/aromatic N) is 1. The molecule has 9 heteroatoms. The summed E-state index contributed by atoms with van der Waals surface area (Å²) in [6, 6.07) is 9.78. The van der Waals surface area contributed by atoms with E-state index >= 15 is 0 Å². The predicted molar refractivity (Wildman–Crippen MR) is 116 cm³/mol. The first-order chi connectivity index (χ1) is 14.2. The molecule has 1 fully saturated rings. The van der Waals surface area contributed by atoms with E-state index in [9.17, 15) is 18.0 Å². The fraction of sp³-hybridized carbons (Fsp3) is 0.238. The van der Waals surface area contributed by atoms with Gasteiger partial charge in [-0.1, -0.05) is 30.0 Å². The number of hydrogen-bond acceptors (Lipinski definition) is 5. The van der Waals surface area contributed by atoms with E-state index in [1.54, 1.807) is 24.3 Å². The first kappa shape index (κ1) is 22.2. The van der Waals surface area contributed by atoms with Gasteiger partial charge in [-0.15, -0.1) is 0 Å². The number of hydrogen-bond donors (Lipinski definition) is 0. The van der Waals surface area contributed by atoms with Gasteiger partial charge in [-0.2, -0.15) is 13.2 Å². The molecule has 0 spiro atoms. The first-order valence-corrected chi connectivity index (χ1v) is 10.3. The maximum Gasteiger partial charge on any atom is 0.416 e. The van der Waals surface area contributed by atoms with Crippen molar-refractivity contribution in [3.63, 3.8) is 0 Å². The number of benzene rings is 2. The highest BCUT2D eigenvalue weighted by Gasteiger charge is 2.36. The van der Waals surface area contributed by atoms with E-state index < -0.39 is 17.6 Å². The molecular weight excluding hydrogens is 435 g/mol. The maximum absolute atomic E-state index is 13.0. The number of thioether (sulfide) groups is 1. The summed E-state index contributed by atoms with van der Waals surface area (Å²) in [6.07, 6.45) is -2.89. The van der Waals surface area contributed by atoms with Crippen LogP contribution in [-0.2, 0) is 11.0 Å². The van der Waals surface area contributed by atoms with Crippen molar-refractivity contribution in [1.82, 2.24) is 0 Å². The van der Waals surface area contributed by atoms with Crippen molar-refractivity contribution >= 4 is 46.0 Å². The summed E-state index contributed by atoms with van der Waals surface area (Å²) in [5.41, 5.74) is -0.125. The zero-order chi connectivity index (χ0) is 21.9. The van der Waals surface area contributed by atoms with Gasteiger partial charge in [0.2, 0.25) is 0 Å². The van der Waals surface area contributed by atoms with Gasteiger partial charge >= 0.3 is 6.18 Å². The van der Waals surface area contributed by atoms with E-state index in [1.807, 2.05) is 13.8 Å². The number of halogens is 3. The molecule has 0 atom stereocenters. The van der Waals surface area contributed by atoms with Crippen LogP contribution in [0.1, 0.15) is 25.0 Å². The second kappa shape index (κ2) is 9.09. The van der Waals surface area contributed by atoms with Crippen molar-refractivity contribution in [3.8, 4) is 11.5 Å². The molecule has 0 aromatic heterocycles. The van der Waals surface area contributed by atoms with Crippen LogP contribution in [0.5, 0.6) is 11.5 Å². The third-order valence-corrected chi connectivity index (χ3v) is 5.41. The average molecular weight is 454 g/mol. The van der Waals surface area contributed by atoms with Crippen LogP contribution in [-0.4, -0.2) is 23.4 Å². The van der Waals surface area contributed by atoms with E-state index in [4.69, 9.17) is 21.7 Å². The van der Waals surface area contributed by atoms with Gasteiger partial charge < -0.3 is 9.47 Å². The van der Waals surface area contributed by atoms with E-state index in [-0.39, 0.29) is 10.0 Å². The fourth-order valence-electron chi connectivity index (χ4n) is 2.82. The molecule has 30 heavy (non-hydrogen) atoms. The lowest BCUT2D eigenvalue weighted by Gasteiger charge is -2.16. The van der Waals surface area contributed by atoms with Crippen LogP contribution in [0.25, 0.3) is 6.08 Å². The van der Waals surface area contributed by atoms with Crippen LogP contribution in [0, 0.1) is 0 Å². The number of ether oxygens (including phenoxy) is 2. The second-order valence-electron chi connectivity index (χ2n) is 6.13. The molecule has 1 heterocycles.